The van der Waals surface area contributed by atoms with E-state index in [1.165, 1.54) is 0 Å². The highest BCUT2D eigenvalue weighted by Crippen LogP contribution is 2.29. The fraction of sp³-hybridized carbons (Fsp3) is 0.611. The molecule has 0 radical (unpaired) electrons. The maximum atomic E-state index is 12.8. The molecule has 25 heavy (non-hydrogen) atoms. The average molecular weight is 368 g/mol. The Morgan fingerprint density at radius 2 is 1.60 bits per heavy atom. The Labute approximate surface area is 150 Å². The van der Waals surface area contributed by atoms with Crippen LogP contribution in [0.25, 0.3) is 0 Å². The molecular formula is C18H29N3O3S. The molecule has 1 aliphatic heterocycles. The predicted octanol–water partition coefficient (Wildman–Crippen LogP) is 1.38. The summed E-state index contributed by atoms with van der Waals surface area (Å²) in [6, 6.07) is 0.149. The topological polar surface area (TPSA) is 87.3 Å². The van der Waals surface area contributed by atoms with Crippen molar-refractivity contribution in [2.45, 2.75) is 58.4 Å². The molecule has 1 aromatic rings. The highest BCUT2D eigenvalue weighted by Gasteiger charge is 2.24. The van der Waals surface area contributed by atoms with Crippen molar-refractivity contribution >= 4 is 15.9 Å². The van der Waals surface area contributed by atoms with Gasteiger partial charge in [-0.3, -0.25) is 4.79 Å². The van der Waals surface area contributed by atoms with E-state index in [-0.39, 0.29) is 24.9 Å². The van der Waals surface area contributed by atoms with Crippen LogP contribution in [-0.2, 0) is 14.8 Å². The van der Waals surface area contributed by atoms with Gasteiger partial charge in [0.25, 0.3) is 0 Å². The van der Waals surface area contributed by atoms with Crippen LogP contribution in [0.15, 0.2) is 4.90 Å². The Hall–Kier alpha value is -1.44. The zero-order valence-corrected chi connectivity index (χ0v) is 16.6. The Balaban J connectivity index is 2.06. The third-order valence-electron chi connectivity index (χ3n) is 5.27. The molecule has 0 bridgehead atoms. The molecule has 0 aliphatic carbocycles. The van der Waals surface area contributed by atoms with Gasteiger partial charge in [-0.15, -0.1) is 0 Å². The van der Waals surface area contributed by atoms with Crippen molar-refractivity contribution in [3.63, 3.8) is 0 Å². The van der Waals surface area contributed by atoms with Gasteiger partial charge in [0.1, 0.15) is 0 Å². The summed E-state index contributed by atoms with van der Waals surface area (Å²) >= 11 is 0. The number of hydrogen-bond donors (Lipinski definition) is 3. The molecule has 1 unspecified atom stereocenters. The SMILES string of the molecule is Cc1c(C)c(C)c(S(=O)(=O)NCCC(=O)NC2CCNC2)c(C)c1C. The smallest absolute Gasteiger partial charge is 0.241 e. The van der Waals surface area contributed by atoms with Crippen LogP contribution in [0.5, 0.6) is 0 Å². The van der Waals surface area contributed by atoms with Crippen LogP contribution in [-0.4, -0.2) is 40.0 Å². The van der Waals surface area contributed by atoms with Gasteiger partial charge in [-0.05, 0) is 75.4 Å². The summed E-state index contributed by atoms with van der Waals surface area (Å²) in [6.07, 6.45) is 1.05. The van der Waals surface area contributed by atoms with E-state index in [0.29, 0.717) is 4.90 Å². The Bertz CT molecular complexity index is 737. The van der Waals surface area contributed by atoms with Gasteiger partial charge in [0.15, 0.2) is 0 Å². The average Bonchev–Trinajstić information content (AvgIpc) is 3.03. The second kappa shape index (κ2) is 7.85. The second-order valence-corrected chi connectivity index (χ2v) is 8.56. The first kappa shape index (κ1) is 19.9. The monoisotopic (exact) mass is 367 g/mol. The Morgan fingerprint density at radius 1 is 1.04 bits per heavy atom. The molecule has 1 atom stereocenters. The molecule has 1 heterocycles. The van der Waals surface area contributed by atoms with Gasteiger partial charge >= 0.3 is 0 Å². The second-order valence-electron chi connectivity index (χ2n) is 6.86. The molecule has 1 amide bonds. The maximum Gasteiger partial charge on any atom is 0.241 e. The molecule has 0 aromatic heterocycles. The van der Waals surface area contributed by atoms with Crippen molar-refractivity contribution in [1.29, 1.82) is 0 Å². The van der Waals surface area contributed by atoms with Gasteiger partial charge in [-0.1, -0.05) is 0 Å². The predicted molar refractivity (Wildman–Crippen MR) is 99.3 cm³/mol. The van der Waals surface area contributed by atoms with Crippen LogP contribution in [0, 0.1) is 34.6 Å². The number of benzene rings is 1. The molecule has 1 aromatic carbocycles. The summed E-state index contributed by atoms with van der Waals surface area (Å²) in [7, 11) is -3.65. The summed E-state index contributed by atoms with van der Waals surface area (Å²) < 4.78 is 28.1. The highest BCUT2D eigenvalue weighted by molar-refractivity contribution is 7.89. The van der Waals surface area contributed by atoms with Crippen LogP contribution in [0.4, 0.5) is 0 Å². The van der Waals surface area contributed by atoms with Crippen LogP contribution in [0.2, 0.25) is 0 Å². The molecule has 1 aliphatic rings. The van der Waals surface area contributed by atoms with E-state index in [2.05, 4.69) is 15.4 Å². The first-order valence-corrected chi connectivity index (χ1v) is 10.2. The number of rotatable bonds is 6. The van der Waals surface area contributed by atoms with E-state index in [0.717, 1.165) is 47.3 Å². The summed E-state index contributed by atoms with van der Waals surface area (Å²) in [4.78, 5) is 12.3. The third kappa shape index (κ3) is 4.40. The summed E-state index contributed by atoms with van der Waals surface area (Å²) in [5.41, 5.74) is 4.66. The molecule has 1 saturated heterocycles. The molecule has 140 valence electrons. The van der Waals surface area contributed by atoms with Crippen LogP contribution in [0.1, 0.15) is 40.7 Å². The van der Waals surface area contributed by atoms with Gasteiger partial charge in [0.05, 0.1) is 4.90 Å². The van der Waals surface area contributed by atoms with Crippen molar-refractivity contribution in [2.24, 2.45) is 0 Å². The molecule has 7 heteroatoms. The van der Waals surface area contributed by atoms with Crippen LogP contribution in [0.3, 0.4) is 0 Å². The molecule has 3 N–H and O–H groups in total. The van der Waals surface area contributed by atoms with Crippen molar-refractivity contribution in [3.8, 4) is 0 Å². The zero-order valence-electron chi connectivity index (χ0n) is 15.7. The van der Waals surface area contributed by atoms with Gasteiger partial charge in [-0.2, -0.15) is 0 Å². The first-order chi connectivity index (χ1) is 11.6. The maximum absolute atomic E-state index is 12.8. The Kier molecular flexibility index (Phi) is 6.24. The highest BCUT2D eigenvalue weighted by atomic mass is 32.2. The minimum atomic E-state index is -3.65. The number of nitrogens with one attached hydrogen (secondary N) is 3. The van der Waals surface area contributed by atoms with Gasteiger partial charge in [0.2, 0.25) is 15.9 Å². The lowest BCUT2D eigenvalue weighted by Crippen LogP contribution is -2.38. The van der Waals surface area contributed by atoms with Crippen molar-refractivity contribution in [2.75, 3.05) is 19.6 Å². The lowest BCUT2D eigenvalue weighted by atomic mass is 9.95. The molecule has 1 fully saturated rings. The van der Waals surface area contributed by atoms with Crippen molar-refractivity contribution in [1.82, 2.24) is 15.4 Å². The minimum Gasteiger partial charge on any atom is -0.352 e. The molecule has 6 nitrogen and oxygen atoms in total. The largest absolute Gasteiger partial charge is 0.352 e. The van der Waals surface area contributed by atoms with Gasteiger partial charge in [-0.25, -0.2) is 13.1 Å². The van der Waals surface area contributed by atoms with Gasteiger partial charge < -0.3 is 10.6 Å². The molecular weight excluding hydrogens is 338 g/mol. The summed E-state index contributed by atoms with van der Waals surface area (Å²) in [5.74, 6) is -0.124. The van der Waals surface area contributed by atoms with E-state index in [1.807, 2.05) is 34.6 Å². The standard InChI is InChI=1S/C18H29N3O3S/c1-11-12(2)14(4)18(15(5)13(11)3)25(23,24)20-9-7-17(22)21-16-6-8-19-10-16/h16,19-20H,6-10H2,1-5H3,(H,21,22). The van der Waals surface area contributed by atoms with Crippen LogP contribution < -0.4 is 15.4 Å². The lowest BCUT2D eigenvalue weighted by Gasteiger charge is -2.19. The van der Waals surface area contributed by atoms with Crippen molar-refractivity contribution < 1.29 is 13.2 Å². The number of sulfonamides is 1. The van der Waals surface area contributed by atoms with Crippen LogP contribution >= 0.6 is 0 Å². The first-order valence-electron chi connectivity index (χ1n) is 8.72. The molecule has 0 spiro atoms. The third-order valence-corrected chi connectivity index (χ3v) is 7.00. The van der Waals surface area contributed by atoms with E-state index in [9.17, 15) is 13.2 Å². The normalized spacial score (nSPS) is 17.7. The van der Waals surface area contributed by atoms with E-state index in [1.54, 1.807) is 0 Å². The summed E-state index contributed by atoms with van der Waals surface area (Å²) in [5, 5.41) is 6.10. The zero-order chi connectivity index (χ0) is 18.8. The number of amides is 1. The van der Waals surface area contributed by atoms with E-state index in [4.69, 9.17) is 0 Å². The number of hydrogen-bond acceptors (Lipinski definition) is 4. The summed E-state index contributed by atoms with van der Waals surface area (Å²) in [6.45, 7) is 11.3. The fourth-order valence-electron chi connectivity index (χ4n) is 3.32. The fourth-order valence-corrected chi connectivity index (χ4v) is 4.94. The lowest BCUT2D eigenvalue weighted by molar-refractivity contribution is -0.121. The van der Waals surface area contributed by atoms with E-state index >= 15 is 0 Å². The molecule has 0 saturated carbocycles. The molecule has 2 rings (SSSR count). The van der Waals surface area contributed by atoms with Crippen molar-refractivity contribution in [3.05, 3.63) is 27.8 Å². The number of carbonyl (C=O) groups excluding carboxylic acids is 1. The quantitative estimate of drug-likeness (QED) is 0.709. The van der Waals surface area contributed by atoms with E-state index < -0.39 is 10.0 Å². The number of carbonyl (C=O) groups is 1. The minimum absolute atomic E-state index is 0.0964. The Morgan fingerprint density at radius 3 is 2.12 bits per heavy atom. The van der Waals surface area contributed by atoms with Gasteiger partial charge in [0, 0.05) is 25.6 Å².